The molecule has 2 aliphatic rings. The number of allylic oxidation sites excluding steroid dienone is 4. The summed E-state index contributed by atoms with van der Waals surface area (Å²) in [5.74, 6) is 1.32. The Morgan fingerprint density at radius 2 is 2.05 bits per heavy atom. The molecule has 9 heteroatoms. The van der Waals surface area contributed by atoms with E-state index in [2.05, 4.69) is 44.9 Å². The largest absolute Gasteiger partial charge is 0.489 e. The van der Waals surface area contributed by atoms with Gasteiger partial charge in [-0.2, -0.15) is 0 Å². The van der Waals surface area contributed by atoms with Crippen molar-refractivity contribution in [2.75, 3.05) is 26.4 Å². The maximum absolute atomic E-state index is 15.1. The summed E-state index contributed by atoms with van der Waals surface area (Å²) >= 11 is 0. The molecule has 0 bridgehead atoms. The van der Waals surface area contributed by atoms with E-state index in [1.807, 2.05) is 44.4 Å². The number of nitrogens with zero attached hydrogens (tertiary/aromatic N) is 5. The summed E-state index contributed by atoms with van der Waals surface area (Å²) in [6.07, 6.45) is 6.66. The molecule has 8 nitrogen and oxygen atoms in total. The van der Waals surface area contributed by atoms with Gasteiger partial charge in [-0.1, -0.05) is 19.7 Å². The number of guanidine groups is 1. The number of morpholine rings is 1. The van der Waals surface area contributed by atoms with E-state index < -0.39 is 5.82 Å². The van der Waals surface area contributed by atoms with Gasteiger partial charge in [0.25, 0.3) is 0 Å². The fourth-order valence-corrected chi connectivity index (χ4v) is 4.84. The van der Waals surface area contributed by atoms with Crippen LogP contribution in [0.4, 0.5) is 4.39 Å². The second-order valence-corrected chi connectivity index (χ2v) is 9.42. The highest BCUT2D eigenvalue weighted by molar-refractivity contribution is 6.14. The summed E-state index contributed by atoms with van der Waals surface area (Å²) in [7, 11) is 0. The lowest BCUT2D eigenvalue weighted by Crippen LogP contribution is -2.49. The van der Waals surface area contributed by atoms with E-state index in [1.54, 1.807) is 12.2 Å². The van der Waals surface area contributed by atoms with Gasteiger partial charge >= 0.3 is 0 Å². The smallest absolute Gasteiger partial charge is 0.227 e. The lowest BCUT2D eigenvalue weighted by atomic mass is 10.1. The van der Waals surface area contributed by atoms with Gasteiger partial charge in [-0.3, -0.25) is 0 Å². The molecule has 38 heavy (non-hydrogen) atoms. The molecule has 1 unspecified atom stereocenters. The quantitative estimate of drug-likeness (QED) is 0.405. The van der Waals surface area contributed by atoms with Crippen LogP contribution in [-0.4, -0.2) is 58.5 Å². The Morgan fingerprint density at radius 1 is 1.26 bits per heavy atom. The van der Waals surface area contributed by atoms with Crippen LogP contribution in [0.2, 0.25) is 0 Å². The summed E-state index contributed by atoms with van der Waals surface area (Å²) in [6, 6.07) is 3.59. The van der Waals surface area contributed by atoms with Crippen molar-refractivity contribution in [1.29, 1.82) is 0 Å². The Hall–Kier alpha value is -3.98. The van der Waals surface area contributed by atoms with Crippen molar-refractivity contribution in [3.8, 4) is 0 Å². The molecule has 1 saturated heterocycles. The minimum atomic E-state index is -0.416. The summed E-state index contributed by atoms with van der Waals surface area (Å²) < 4.78 is 28.7. The van der Waals surface area contributed by atoms with Crippen LogP contribution in [0.15, 0.2) is 83.4 Å². The zero-order valence-corrected chi connectivity index (χ0v) is 22.5. The maximum atomic E-state index is 15.1. The van der Waals surface area contributed by atoms with Crippen LogP contribution in [0, 0.1) is 12.7 Å². The average Bonchev–Trinajstić information content (AvgIpc) is 3.23. The fourth-order valence-electron chi connectivity index (χ4n) is 4.84. The first-order valence-electron chi connectivity index (χ1n) is 12.6. The molecule has 1 N–H and O–H groups in total. The summed E-state index contributed by atoms with van der Waals surface area (Å²) in [5, 5.41) is 3.20. The Bertz CT molecular complexity index is 1380. The maximum Gasteiger partial charge on any atom is 0.227 e. The second-order valence-electron chi connectivity index (χ2n) is 9.42. The third kappa shape index (κ3) is 5.47. The summed E-state index contributed by atoms with van der Waals surface area (Å²) in [4.78, 5) is 15.6. The Morgan fingerprint density at radius 3 is 2.74 bits per heavy atom. The van der Waals surface area contributed by atoms with Crippen LogP contribution in [0.25, 0.3) is 11.0 Å². The van der Waals surface area contributed by atoms with E-state index in [4.69, 9.17) is 9.47 Å². The highest BCUT2D eigenvalue weighted by Gasteiger charge is 2.30. The molecule has 1 atom stereocenters. The number of hydrogen-bond donors (Lipinski definition) is 1. The molecule has 0 aliphatic carbocycles. The van der Waals surface area contributed by atoms with Crippen molar-refractivity contribution in [2.24, 2.45) is 9.98 Å². The topological polar surface area (TPSA) is 76.3 Å². The third-order valence-electron chi connectivity index (χ3n) is 6.44. The van der Waals surface area contributed by atoms with Crippen molar-refractivity contribution in [2.45, 2.75) is 39.8 Å². The standard InChI is InChI=1S/C29H35FN6O2/c1-8-24(21-14-23(30)28-26(15-21)36(18(4)5)20(7)33-28)34-29(31-10-3)32-19(6)13-27-25(9-2)35-11-12-37-16-22(35)17-38-27/h8-10,13-15,18,22H,1-3,11-12,16-17H2,4-7H3,(H,31,32)/b19-13+,34-24?. The predicted molar refractivity (Wildman–Crippen MR) is 151 cm³/mol. The van der Waals surface area contributed by atoms with E-state index in [0.717, 1.165) is 23.8 Å². The number of rotatable bonds is 7. The van der Waals surface area contributed by atoms with Crippen LogP contribution >= 0.6 is 0 Å². The van der Waals surface area contributed by atoms with Crippen LogP contribution in [0.1, 0.15) is 38.2 Å². The molecule has 2 aliphatic heterocycles. The van der Waals surface area contributed by atoms with Gasteiger partial charge in [0.15, 0.2) is 5.82 Å². The zero-order valence-electron chi connectivity index (χ0n) is 22.5. The Kier molecular flexibility index (Phi) is 8.26. The molecule has 1 fully saturated rings. The molecule has 3 heterocycles. The summed E-state index contributed by atoms with van der Waals surface area (Å²) in [5.41, 5.74) is 3.72. The second kappa shape index (κ2) is 11.6. The number of imidazole rings is 1. The third-order valence-corrected chi connectivity index (χ3v) is 6.44. The molecular formula is C29H35FN6O2. The van der Waals surface area contributed by atoms with E-state index in [9.17, 15) is 0 Å². The molecule has 1 aromatic heterocycles. The van der Waals surface area contributed by atoms with Crippen LogP contribution < -0.4 is 5.32 Å². The van der Waals surface area contributed by atoms with Gasteiger partial charge in [0.2, 0.25) is 5.96 Å². The number of nitrogens with one attached hydrogen (secondary N) is 1. The first-order valence-corrected chi connectivity index (χ1v) is 12.6. The van der Waals surface area contributed by atoms with Gasteiger partial charge in [0.1, 0.15) is 23.7 Å². The first kappa shape index (κ1) is 27.1. The van der Waals surface area contributed by atoms with Gasteiger partial charge < -0.3 is 24.3 Å². The SMILES string of the molecule is C=CN=C(N=C(C=C)c1cc(F)c2nc(C)n(C(C)C)c2c1)N/C(C)=C/C1=C(C=C)N2CCOCC2CO1. The zero-order chi connectivity index (χ0) is 27.4. The van der Waals surface area contributed by atoms with Gasteiger partial charge in [-0.05, 0) is 52.0 Å². The average molecular weight is 519 g/mol. The molecule has 0 spiro atoms. The summed E-state index contributed by atoms with van der Waals surface area (Å²) in [6.45, 7) is 22.0. The van der Waals surface area contributed by atoms with Crippen molar-refractivity contribution >= 4 is 22.7 Å². The molecule has 200 valence electrons. The molecule has 1 aromatic carbocycles. The monoisotopic (exact) mass is 518 g/mol. The van der Waals surface area contributed by atoms with Gasteiger partial charge in [-0.15, -0.1) is 0 Å². The number of hydrogen-bond acceptors (Lipinski definition) is 5. The number of benzene rings is 1. The minimum Gasteiger partial charge on any atom is -0.489 e. The van der Waals surface area contributed by atoms with Crippen molar-refractivity contribution in [3.05, 3.63) is 90.7 Å². The number of aliphatic imine (C=N–C) groups is 2. The Balaban J connectivity index is 1.66. The van der Waals surface area contributed by atoms with Crippen molar-refractivity contribution in [1.82, 2.24) is 19.8 Å². The van der Waals surface area contributed by atoms with E-state index in [1.165, 1.54) is 12.3 Å². The van der Waals surface area contributed by atoms with Crippen molar-refractivity contribution in [3.63, 3.8) is 0 Å². The van der Waals surface area contributed by atoms with E-state index in [0.29, 0.717) is 47.9 Å². The molecule has 0 saturated carbocycles. The highest BCUT2D eigenvalue weighted by atomic mass is 19.1. The highest BCUT2D eigenvalue weighted by Crippen LogP contribution is 2.27. The number of ether oxygens (including phenoxy) is 2. The van der Waals surface area contributed by atoms with Gasteiger partial charge in [0, 0.05) is 36.1 Å². The van der Waals surface area contributed by atoms with E-state index >= 15 is 4.39 Å². The Labute approximate surface area is 223 Å². The van der Waals surface area contributed by atoms with Gasteiger partial charge in [-0.25, -0.2) is 19.4 Å². The number of aryl methyl sites for hydroxylation is 1. The van der Waals surface area contributed by atoms with Crippen molar-refractivity contribution < 1.29 is 13.9 Å². The molecule has 2 aromatic rings. The predicted octanol–water partition coefficient (Wildman–Crippen LogP) is 5.16. The minimum absolute atomic E-state index is 0.121. The first-order chi connectivity index (χ1) is 18.3. The van der Waals surface area contributed by atoms with Crippen LogP contribution in [0.5, 0.6) is 0 Å². The fraction of sp³-hybridized carbons (Fsp3) is 0.345. The van der Waals surface area contributed by atoms with Gasteiger partial charge in [0.05, 0.1) is 36.2 Å². The molecule has 0 radical (unpaired) electrons. The molecular weight excluding hydrogens is 483 g/mol. The number of fused-ring (bicyclic) bond motifs is 2. The molecule has 4 rings (SSSR count). The number of halogens is 1. The normalized spacial score (nSPS) is 18.9. The van der Waals surface area contributed by atoms with E-state index in [-0.39, 0.29) is 18.0 Å². The number of aromatic nitrogens is 2. The lowest BCUT2D eigenvalue weighted by Gasteiger charge is -2.41. The van der Waals surface area contributed by atoms with Crippen LogP contribution in [0.3, 0.4) is 0 Å². The van der Waals surface area contributed by atoms with Crippen LogP contribution in [-0.2, 0) is 9.47 Å². The lowest BCUT2D eigenvalue weighted by molar-refractivity contribution is -0.0319. The molecule has 0 amide bonds.